The van der Waals surface area contributed by atoms with E-state index < -0.39 is 0 Å². The maximum Gasteiger partial charge on any atom is 0.120 e. The number of aromatic nitrogens is 1. The van der Waals surface area contributed by atoms with Gasteiger partial charge in [-0.3, -0.25) is 4.98 Å². The summed E-state index contributed by atoms with van der Waals surface area (Å²) >= 11 is 0. The molecule has 0 saturated carbocycles. The van der Waals surface area contributed by atoms with Crippen molar-refractivity contribution < 1.29 is 9.84 Å². The van der Waals surface area contributed by atoms with Crippen LogP contribution in [0.2, 0.25) is 0 Å². The van der Waals surface area contributed by atoms with E-state index in [2.05, 4.69) is 10.3 Å². The minimum Gasteiger partial charge on any atom is -0.493 e. The Kier molecular flexibility index (Phi) is 4.68. The molecule has 112 valence electrons. The molecule has 2 N–H and O–H groups in total. The van der Waals surface area contributed by atoms with Gasteiger partial charge in [-0.25, -0.2) is 0 Å². The van der Waals surface area contributed by atoms with Crippen molar-refractivity contribution in [3.8, 4) is 5.75 Å². The normalized spacial score (nSPS) is 20.3. The van der Waals surface area contributed by atoms with Gasteiger partial charge in [-0.15, -0.1) is 0 Å². The molecular formula is C17H22N2O2. The van der Waals surface area contributed by atoms with Gasteiger partial charge in [0.2, 0.25) is 0 Å². The molecule has 0 aliphatic carbocycles. The van der Waals surface area contributed by atoms with Crippen LogP contribution in [0.3, 0.4) is 0 Å². The van der Waals surface area contributed by atoms with Crippen molar-refractivity contribution in [1.82, 2.24) is 10.3 Å². The average molecular weight is 286 g/mol. The van der Waals surface area contributed by atoms with Gasteiger partial charge in [0.15, 0.2) is 0 Å². The largest absolute Gasteiger partial charge is 0.493 e. The van der Waals surface area contributed by atoms with Crippen molar-refractivity contribution >= 4 is 10.9 Å². The first-order valence-electron chi connectivity index (χ1n) is 7.69. The Balaban J connectivity index is 1.51. The molecule has 1 aromatic carbocycles. The molecule has 1 aliphatic heterocycles. The highest BCUT2D eigenvalue weighted by atomic mass is 16.5. The van der Waals surface area contributed by atoms with Gasteiger partial charge in [-0.05, 0) is 49.6 Å². The number of aliphatic hydroxyl groups is 1. The topological polar surface area (TPSA) is 54.4 Å². The fourth-order valence-corrected chi connectivity index (χ4v) is 2.88. The number of benzene rings is 1. The summed E-state index contributed by atoms with van der Waals surface area (Å²) in [6, 6.07) is 9.84. The standard InChI is InChI=1S/C17H22N2O2/c20-17(14-4-1-8-18-12-14)7-10-21-15-5-6-16-13(11-15)3-2-9-19-16/h2-3,5-6,9,11,14,17-18,20H,1,4,7-8,10,12H2. The van der Waals surface area contributed by atoms with Crippen LogP contribution in [0.4, 0.5) is 0 Å². The Hall–Kier alpha value is -1.65. The van der Waals surface area contributed by atoms with Crippen LogP contribution in [0, 0.1) is 5.92 Å². The van der Waals surface area contributed by atoms with Crippen molar-refractivity contribution in [2.75, 3.05) is 19.7 Å². The van der Waals surface area contributed by atoms with E-state index in [-0.39, 0.29) is 6.10 Å². The molecule has 2 aromatic rings. The summed E-state index contributed by atoms with van der Waals surface area (Å²) in [6.07, 6.45) is 4.45. The Morgan fingerprint density at radius 2 is 2.33 bits per heavy atom. The maximum absolute atomic E-state index is 10.2. The van der Waals surface area contributed by atoms with Crippen LogP contribution in [-0.4, -0.2) is 35.9 Å². The van der Waals surface area contributed by atoms with Gasteiger partial charge in [0.25, 0.3) is 0 Å². The minimum atomic E-state index is -0.278. The van der Waals surface area contributed by atoms with Crippen LogP contribution in [0.1, 0.15) is 19.3 Å². The molecule has 0 bridgehead atoms. The Bertz CT molecular complexity index is 582. The molecule has 1 saturated heterocycles. The lowest BCUT2D eigenvalue weighted by Gasteiger charge is -2.27. The summed E-state index contributed by atoms with van der Waals surface area (Å²) in [5.74, 6) is 1.20. The number of aliphatic hydroxyl groups excluding tert-OH is 1. The number of fused-ring (bicyclic) bond motifs is 1. The highest BCUT2D eigenvalue weighted by Crippen LogP contribution is 2.20. The van der Waals surface area contributed by atoms with E-state index in [0.717, 1.165) is 42.6 Å². The van der Waals surface area contributed by atoms with Crippen LogP contribution < -0.4 is 10.1 Å². The van der Waals surface area contributed by atoms with E-state index in [1.807, 2.05) is 30.3 Å². The van der Waals surface area contributed by atoms with E-state index in [0.29, 0.717) is 18.9 Å². The molecule has 0 spiro atoms. The lowest BCUT2D eigenvalue weighted by atomic mass is 9.92. The fourth-order valence-electron chi connectivity index (χ4n) is 2.88. The predicted molar refractivity (Wildman–Crippen MR) is 83.5 cm³/mol. The van der Waals surface area contributed by atoms with Crippen LogP contribution in [0.15, 0.2) is 36.5 Å². The molecule has 1 fully saturated rings. The number of piperidine rings is 1. The van der Waals surface area contributed by atoms with Gasteiger partial charge in [-0.1, -0.05) is 6.07 Å². The van der Waals surface area contributed by atoms with E-state index in [1.54, 1.807) is 6.20 Å². The molecule has 0 radical (unpaired) electrons. The third-order valence-corrected chi connectivity index (χ3v) is 4.14. The Morgan fingerprint density at radius 3 is 3.19 bits per heavy atom. The first kappa shape index (κ1) is 14.3. The molecule has 2 unspecified atom stereocenters. The monoisotopic (exact) mass is 286 g/mol. The van der Waals surface area contributed by atoms with E-state index in [4.69, 9.17) is 4.74 Å². The van der Waals surface area contributed by atoms with Crippen molar-refractivity contribution in [3.63, 3.8) is 0 Å². The summed E-state index contributed by atoms with van der Waals surface area (Å²) in [6.45, 7) is 2.54. The molecule has 1 aliphatic rings. The van der Waals surface area contributed by atoms with Crippen molar-refractivity contribution in [2.24, 2.45) is 5.92 Å². The second-order valence-corrected chi connectivity index (χ2v) is 5.67. The van der Waals surface area contributed by atoms with Gasteiger partial charge >= 0.3 is 0 Å². The Morgan fingerprint density at radius 1 is 1.38 bits per heavy atom. The SMILES string of the molecule is OC(CCOc1ccc2ncccc2c1)C1CCCNC1. The number of pyridine rings is 1. The van der Waals surface area contributed by atoms with Gasteiger partial charge < -0.3 is 15.2 Å². The third-order valence-electron chi connectivity index (χ3n) is 4.14. The predicted octanol–water partition coefficient (Wildman–Crippen LogP) is 2.36. The molecule has 21 heavy (non-hydrogen) atoms. The van der Waals surface area contributed by atoms with Crippen LogP contribution in [-0.2, 0) is 0 Å². The van der Waals surface area contributed by atoms with E-state index in [9.17, 15) is 5.11 Å². The van der Waals surface area contributed by atoms with Crippen LogP contribution in [0.5, 0.6) is 5.75 Å². The van der Waals surface area contributed by atoms with Gasteiger partial charge in [0.1, 0.15) is 5.75 Å². The third kappa shape index (κ3) is 3.71. The molecule has 2 atom stereocenters. The zero-order valence-corrected chi connectivity index (χ0v) is 12.2. The molecule has 2 heterocycles. The summed E-state index contributed by atoms with van der Waals surface area (Å²) in [4.78, 5) is 4.29. The first-order chi connectivity index (χ1) is 10.3. The number of ether oxygens (including phenoxy) is 1. The maximum atomic E-state index is 10.2. The van der Waals surface area contributed by atoms with Gasteiger partial charge in [0.05, 0.1) is 18.2 Å². The number of hydrogen-bond donors (Lipinski definition) is 2. The zero-order valence-electron chi connectivity index (χ0n) is 12.2. The van der Waals surface area contributed by atoms with Gasteiger partial charge in [0, 0.05) is 24.5 Å². The summed E-state index contributed by atoms with van der Waals surface area (Å²) < 4.78 is 5.77. The molecule has 0 amide bonds. The lowest BCUT2D eigenvalue weighted by Crippen LogP contribution is -2.37. The summed E-state index contributed by atoms with van der Waals surface area (Å²) in [7, 11) is 0. The first-order valence-corrected chi connectivity index (χ1v) is 7.69. The summed E-state index contributed by atoms with van der Waals surface area (Å²) in [5, 5.41) is 14.6. The second-order valence-electron chi connectivity index (χ2n) is 5.67. The molecule has 4 heteroatoms. The molecule has 1 aromatic heterocycles. The lowest BCUT2D eigenvalue weighted by molar-refractivity contribution is 0.0702. The van der Waals surface area contributed by atoms with Gasteiger partial charge in [-0.2, -0.15) is 0 Å². The average Bonchev–Trinajstić information content (AvgIpc) is 2.55. The quantitative estimate of drug-likeness (QED) is 0.886. The zero-order chi connectivity index (χ0) is 14.5. The summed E-state index contributed by atoms with van der Waals surface area (Å²) in [5.41, 5.74) is 0.971. The van der Waals surface area contributed by atoms with Crippen molar-refractivity contribution in [3.05, 3.63) is 36.5 Å². The van der Waals surface area contributed by atoms with E-state index in [1.165, 1.54) is 0 Å². The highest BCUT2D eigenvalue weighted by molar-refractivity contribution is 5.79. The Labute approximate surface area is 125 Å². The van der Waals surface area contributed by atoms with Crippen LogP contribution >= 0.6 is 0 Å². The van der Waals surface area contributed by atoms with Crippen LogP contribution in [0.25, 0.3) is 10.9 Å². The number of nitrogens with one attached hydrogen (secondary N) is 1. The molecule has 4 nitrogen and oxygen atoms in total. The fraction of sp³-hybridized carbons (Fsp3) is 0.471. The number of nitrogens with zero attached hydrogens (tertiary/aromatic N) is 1. The minimum absolute atomic E-state index is 0.278. The second kappa shape index (κ2) is 6.87. The van der Waals surface area contributed by atoms with E-state index >= 15 is 0 Å². The van der Waals surface area contributed by atoms with Crippen molar-refractivity contribution in [1.29, 1.82) is 0 Å². The molecular weight excluding hydrogens is 264 g/mol. The number of hydrogen-bond acceptors (Lipinski definition) is 4. The number of rotatable bonds is 5. The highest BCUT2D eigenvalue weighted by Gasteiger charge is 2.21. The smallest absolute Gasteiger partial charge is 0.120 e. The van der Waals surface area contributed by atoms with Crippen molar-refractivity contribution in [2.45, 2.75) is 25.4 Å². The molecule has 3 rings (SSSR count).